The molecule has 1 aliphatic heterocycles. The smallest absolute Gasteiger partial charge is 0.142 e. The summed E-state index contributed by atoms with van der Waals surface area (Å²) >= 11 is 5.41. The van der Waals surface area contributed by atoms with Gasteiger partial charge in [-0.3, -0.25) is 0 Å². The molecule has 0 saturated carbocycles. The molecule has 1 N–H and O–H groups in total. The van der Waals surface area contributed by atoms with E-state index in [2.05, 4.69) is 4.90 Å². The number of aliphatic hydroxyl groups excluding tert-OH is 1. The van der Waals surface area contributed by atoms with Crippen LogP contribution in [-0.4, -0.2) is 48.1 Å². The highest BCUT2D eigenvalue weighted by atomic mass is 35.5. The van der Waals surface area contributed by atoms with Crippen molar-refractivity contribution in [3.63, 3.8) is 0 Å². The first-order valence-electron chi connectivity index (χ1n) is 11.4. The second-order valence-corrected chi connectivity index (χ2v) is 8.97. The van der Waals surface area contributed by atoms with Gasteiger partial charge in [-0.05, 0) is 88.0 Å². The molecule has 0 bridgehead atoms. The van der Waals surface area contributed by atoms with Crippen molar-refractivity contribution in [2.75, 3.05) is 26.2 Å². The first-order chi connectivity index (χ1) is 15.7. The summed E-state index contributed by atoms with van der Waals surface area (Å²) in [5.74, 6) is -0.614. The molecule has 0 amide bonds. The molecule has 3 rings (SSSR count). The summed E-state index contributed by atoms with van der Waals surface area (Å²) in [6, 6.07) is 9.62. The number of halogens is 3. The summed E-state index contributed by atoms with van der Waals surface area (Å²) in [6.07, 6.45) is 2.20. The third-order valence-corrected chi connectivity index (χ3v) is 5.91. The first kappa shape index (κ1) is 27.4. The zero-order chi connectivity index (χ0) is 24.4. The Labute approximate surface area is 200 Å². The standard InChI is InChI=1S/C19H28FNO3.C7H6ClF/c1-14(22)8-9-18-17(6-5-7-19(18)20)15(2)24-13-16(23)12-21-10-3-4-11-21;1-5-2-3-6(8)7(9)4-5/h5-7,15-16,23H,3-4,8-13H2,1-2H3;2-4H,1H3. The maximum absolute atomic E-state index is 14.1. The lowest BCUT2D eigenvalue weighted by molar-refractivity contribution is -0.117. The second-order valence-electron chi connectivity index (χ2n) is 8.56. The number of carbonyl (C=O) groups excluding carboxylic acids is 1. The van der Waals surface area contributed by atoms with Gasteiger partial charge in [0.2, 0.25) is 0 Å². The number of aryl methyl sites for hydroxylation is 1. The Morgan fingerprint density at radius 1 is 1.18 bits per heavy atom. The highest BCUT2D eigenvalue weighted by Crippen LogP contribution is 2.25. The average molecular weight is 482 g/mol. The molecule has 1 heterocycles. The molecule has 1 fully saturated rings. The fourth-order valence-electron chi connectivity index (χ4n) is 3.78. The van der Waals surface area contributed by atoms with Crippen molar-refractivity contribution in [2.45, 2.75) is 58.7 Å². The number of ketones is 1. The molecule has 182 valence electrons. The van der Waals surface area contributed by atoms with Gasteiger partial charge in [-0.2, -0.15) is 0 Å². The van der Waals surface area contributed by atoms with E-state index in [-0.39, 0.29) is 35.2 Å². The minimum Gasteiger partial charge on any atom is -0.389 e. The van der Waals surface area contributed by atoms with Gasteiger partial charge in [-0.1, -0.05) is 29.8 Å². The summed E-state index contributed by atoms with van der Waals surface area (Å²) in [4.78, 5) is 13.4. The average Bonchev–Trinajstić information content (AvgIpc) is 3.27. The van der Waals surface area contributed by atoms with Gasteiger partial charge in [0.05, 0.1) is 23.8 Å². The fraction of sp³-hybridized carbons (Fsp3) is 0.500. The SMILES string of the molecule is CC(=O)CCc1c(F)cccc1C(C)OCC(O)CN1CCCC1.Cc1ccc(Cl)c(F)c1. The molecule has 33 heavy (non-hydrogen) atoms. The van der Waals surface area contributed by atoms with Gasteiger partial charge in [0.25, 0.3) is 0 Å². The number of likely N-dealkylation sites (tertiary alicyclic amines) is 1. The number of rotatable bonds is 9. The molecule has 2 aromatic carbocycles. The minimum atomic E-state index is -0.542. The Bertz CT molecular complexity index is 903. The number of hydrogen-bond donors (Lipinski definition) is 1. The number of ether oxygens (including phenoxy) is 1. The minimum absolute atomic E-state index is 0.0406. The monoisotopic (exact) mass is 481 g/mol. The number of carbonyl (C=O) groups is 1. The van der Waals surface area contributed by atoms with Gasteiger partial charge in [-0.25, -0.2) is 8.78 Å². The summed E-state index contributed by atoms with van der Waals surface area (Å²) in [5.41, 5.74) is 2.18. The normalized spacial score (nSPS) is 15.6. The van der Waals surface area contributed by atoms with E-state index in [1.165, 1.54) is 31.9 Å². The van der Waals surface area contributed by atoms with E-state index in [1.807, 2.05) is 19.9 Å². The van der Waals surface area contributed by atoms with Crippen molar-refractivity contribution >= 4 is 17.4 Å². The van der Waals surface area contributed by atoms with Gasteiger partial charge in [0.1, 0.15) is 17.4 Å². The van der Waals surface area contributed by atoms with Crippen molar-refractivity contribution in [1.29, 1.82) is 0 Å². The van der Waals surface area contributed by atoms with E-state index in [4.69, 9.17) is 16.3 Å². The number of Topliss-reactive ketones (excluding diaryl/α,β-unsaturated/α-hetero) is 1. The van der Waals surface area contributed by atoms with Crippen LogP contribution in [-0.2, 0) is 16.0 Å². The third kappa shape index (κ3) is 9.49. The van der Waals surface area contributed by atoms with Crippen LogP contribution in [0.25, 0.3) is 0 Å². The van der Waals surface area contributed by atoms with E-state index in [9.17, 15) is 18.7 Å². The van der Waals surface area contributed by atoms with Crippen LogP contribution >= 0.6 is 11.6 Å². The summed E-state index contributed by atoms with van der Waals surface area (Å²) < 4.78 is 32.3. The Morgan fingerprint density at radius 3 is 2.48 bits per heavy atom. The van der Waals surface area contributed by atoms with Crippen LogP contribution in [0.4, 0.5) is 8.78 Å². The number of benzene rings is 2. The molecule has 2 unspecified atom stereocenters. The molecule has 0 aromatic heterocycles. The Morgan fingerprint density at radius 2 is 1.88 bits per heavy atom. The van der Waals surface area contributed by atoms with Crippen molar-refractivity contribution in [3.05, 3.63) is 69.7 Å². The van der Waals surface area contributed by atoms with E-state index in [0.29, 0.717) is 24.9 Å². The maximum Gasteiger partial charge on any atom is 0.142 e. The van der Waals surface area contributed by atoms with Crippen LogP contribution in [0, 0.1) is 18.6 Å². The van der Waals surface area contributed by atoms with E-state index in [0.717, 1.165) is 24.2 Å². The lowest BCUT2D eigenvalue weighted by Gasteiger charge is -2.22. The fourth-order valence-corrected chi connectivity index (χ4v) is 3.90. The molecule has 4 nitrogen and oxygen atoms in total. The number of hydrogen-bond acceptors (Lipinski definition) is 4. The molecular formula is C26H34ClF2NO3. The van der Waals surface area contributed by atoms with Gasteiger partial charge in [-0.15, -0.1) is 0 Å². The van der Waals surface area contributed by atoms with E-state index >= 15 is 0 Å². The van der Waals surface area contributed by atoms with Crippen molar-refractivity contribution in [2.24, 2.45) is 0 Å². The summed E-state index contributed by atoms with van der Waals surface area (Å²) in [6.45, 7) is 8.09. The van der Waals surface area contributed by atoms with Crippen LogP contribution in [0.3, 0.4) is 0 Å². The van der Waals surface area contributed by atoms with Crippen LogP contribution in [0.1, 0.15) is 55.9 Å². The number of β-amino-alcohol motifs (C(OH)–C–C–N with tert-alkyl or cyclic N) is 1. The van der Waals surface area contributed by atoms with Crippen molar-refractivity contribution in [1.82, 2.24) is 4.90 Å². The van der Waals surface area contributed by atoms with Crippen LogP contribution in [0.2, 0.25) is 5.02 Å². The van der Waals surface area contributed by atoms with Crippen LogP contribution in [0.15, 0.2) is 36.4 Å². The first-order valence-corrected chi connectivity index (χ1v) is 11.8. The Kier molecular flexibility index (Phi) is 11.4. The molecule has 1 saturated heterocycles. The summed E-state index contributed by atoms with van der Waals surface area (Å²) in [7, 11) is 0. The van der Waals surface area contributed by atoms with Gasteiger partial charge in [0, 0.05) is 13.0 Å². The molecular weight excluding hydrogens is 448 g/mol. The lowest BCUT2D eigenvalue weighted by atomic mass is 9.98. The molecule has 7 heteroatoms. The Hall–Kier alpha value is -1.86. The zero-order valence-electron chi connectivity index (χ0n) is 19.6. The quantitative estimate of drug-likeness (QED) is 0.501. The molecule has 0 radical (unpaired) electrons. The molecule has 2 aromatic rings. The molecule has 0 aliphatic carbocycles. The van der Waals surface area contributed by atoms with E-state index in [1.54, 1.807) is 18.2 Å². The lowest BCUT2D eigenvalue weighted by Crippen LogP contribution is -2.33. The Balaban J connectivity index is 0.000000357. The predicted octanol–water partition coefficient (Wildman–Crippen LogP) is 5.67. The van der Waals surface area contributed by atoms with Gasteiger partial charge >= 0.3 is 0 Å². The van der Waals surface area contributed by atoms with Crippen molar-refractivity contribution in [3.8, 4) is 0 Å². The van der Waals surface area contributed by atoms with Gasteiger partial charge < -0.3 is 19.5 Å². The zero-order valence-corrected chi connectivity index (χ0v) is 20.4. The largest absolute Gasteiger partial charge is 0.389 e. The second kappa shape index (κ2) is 13.8. The topological polar surface area (TPSA) is 49.8 Å². The maximum atomic E-state index is 14.1. The molecule has 0 spiro atoms. The number of aliphatic hydroxyl groups is 1. The van der Waals surface area contributed by atoms with Crippen LogP contribution in [0.5, 0.6) is 0 Å². The predicted molar refractivity (Wildman–Crippen MR) is 128 cm³/mol. The highest BCUT2D eigenvalue weighted by molar-refractivity contribution is 6.30. The third-order valence-electron chi connectivity index (χ3n) is 5.60. The summed E-state index contributed by atoms with van der Waals surface area (Å²) in [5, 5.41) is 10.3. The highest BCUT2D eigenvalue weighted by Gasteiger charge is 2.19. The van der Waals surface area contributed by atoms with E-state index < -0.39 is 6.10 Å². The van der Waals surface area contributed by atoms with Crippen molar-refractivity contribution < 1.29 is 23.4 Å². The molecule has 2 atom stereocenters. The molecule has 1 aliphatic rings. The number of nitrogens with zero attached hydrogens (tertiary/aromatic N) is 1. The van der Waals surface area contributed by atoms with Crippen LogP contribution < -0.4 is 0 Å². The van der Waals surface area contributed by atoms with Gasteiger partial charge in [0.15, 0.2) is 0 Å².